The van der Waals surface area contributed by atoms with E-state index >= 15 is 0 Å². The second-order valence-corrected chi connectivity index (χ2v) is 6.02. The predicted molar refractivity (Wildman–Crippen MR) is 75.2 cm³/mol. The molecule has 0 spiro atoms. The zero-order chi connectivity index (χ0) is 14.0. The van der Waals surface area contributed by atoms with Crippen LogP contribution in [0.4, 0.5) is 11.4 Å². The maximum absolute atomic E-state index is 11.9. The summed E-state index contributed by atoms with van der Waals surface area (Å²) in [5.41, 5.74) is 6.99. The van der Waals surface area contributed by atoms with Gasteiger partial charge in [0.1, 0.15) is 11.3 Å². The van der Waals surface area contributed by atoms with Crippen molar-refractivity contribution in [2.45, 2.75) is 26.4 Å². The van der Waals surface area contributed by atoms with E-state index in [2.05, 4.69) is 0 Å². The second kappa shape index (κ2) is 4.98. The molecule has 4 nitrogen and oxygen atoms in total. The van der Waals surface area contributed by atoms with Gasteiger partial charge in [0.2, 0.25) is 0 Å². The monoisotopic (exact) mass is 251 g/mol. The molecule has 0 saturated heterocycles. The van der Waals surface area contributed by atoms with Gasteiger partial charge < -0.3 is 10.5 Å². The van der Waals surface area contributed by atoms with E-state index in [4.69, 9.17) is 10.5 Å². The molecule has 18 heavy (non-hydrogen) atoms. The van der Waals surface area contributed by atoms with Crippen molar-refractivity contribution in [3.8, 4) is 0 Å². The molecule has 1 rings (SSSR count). The number of quaternary nitrogens is 1. The molecule has 0 aliphatic heterocycles. The summed E-state index contributed by atoms with van der Waals surface area (Å²) in [4.78, 5) is 11.9. The highest BCUT2D eigenvalue weighted by Gasteiger charge is 2.27. The Hall–Kier alpha value is -1.55. The van der Waals surface area contributed by atoms with Gasteiger partial charge in [0, 0.05) is 11.8 Å². The van der Waals surface area contributed by atoms with E-state index in [0.717, 1.165) is 5.69 Å². The summed E-state index contributed by atoms with van der Waals surface area (Å²) < 4.78 is 5.76. The molecule has 0 aliphatic rings. The topological polar surface area (TPSA) is 52.3 Å². The van der Waals surface area contributed by atoms with Crippen molar-refractivity contribution >= 4 is 17.3 Å². The van der Waals surface area contributed by atoms with Gasteiger partial charge in [-0.1, -0.05) is 6.07 Å². The minimum atomic E-state index is -0.452. The summed E-state index contributed by atoms with van der Waals surface area (Å²) in [5, 5.41) is 0. The van der Waals surface area contributed by atoms with Crippen molar-refractivity contribution in [2.75, 3.05) is 26.4 Å². The Bertz CT molecular complexity index is 434. The lowest BCUT2D eigenvalue weighted by Crippen LogP contribution is -2.46. The number of anilines is 1. The molecule has 0 heterocycles. The van der Waals surface area contributed by atoms with Crippen LogP contribution in [0.15, 0.2) is 24.3 Å². The van der Waals surface area contributed by atoms with Gasteiger partial charge in [-0.3, -0.25) is 4.48 Å². The first-order valence-electron chi connectivity index (χ1n) is 6.01. The zero-order valence-electron chi connectivity index (χ0n) is 11.9. The lowest BCUT2D eigenvalue weighted by molar-refractivity contribution is -0.155. The molecule has 0 radical (unpaired) electrons. The van der Waals surface area contributed by atoms with Gasteiger partial charge in [0.15, 0.2) is 6.54 Å². The van der Waals surface area contributed by atoms with Gasteiger partial charge in [-0.05, 0) is 32.9 Å². The molecule has 0 fully saturated rings. The number of benzene rings is 1. The molecule has 2 N–H and O–H groups in total. The minimum absolute atomic E-state index is 0.213. The highest BCUT2D eigenvalue weighted by atomic mass is 16.6. The lowest BCUT2D eigenvalue weighted by atomic mass is 10.2. The molecule has 1 aromatic carbocycles. The number of likely N-dealkylation sites (N-methyl/N-ethyl adjacent to an activating group) is 1. The largest absolute Gasteiger partial charge is 0.456 e. The number of carbonyl (C=O) groups is 1. The second-order valence-electron chi connectivity index (χ2n) is 6.02. The van der Waals surface area contributed by atoms with Gasteiger partial charge in [-0.2, -0.15) is 0 Å². The van der Waals surface area contributed by atoms with Gasteiger partial charge in [-0.25, -0.2) is 4.79 Å². The molecular formula is C14H23N2O2+. The smallest absolute Gasteiger partial charge is 0.362 e. The molecule has 0 unspecified atom stereocenters. The van der Waals surface area contributed by atoms with E-state index in [-0.39, 0.29) is 12.5 Å². The molecule has 0 aliphatic carbocycles. The Balaban J connectivity index is 2.79. The van der Waals surface area contributed by atoms with Crippen molar-refractivity contribution in [2.24, 2.45) is 0 Å². The van der Waals surface area contributed by atoms with Gasteiger partial charge in [0.25, 0.3) is 0 Å². The van der Waals surface area contributed by atoms with Crippen LogP contribution in [0.5, 0.6) is 0 Å². The summed E-state index contributed by atoms with van der Waals surface area (Å²) >= 11 is 0. The van der Waals surface area contributed by atoms with E-state index in [9.17, 15) is 4.79 Å². The minimum Gasteiger partial charge on any atom is -0.456 e. The van der Waals surface area contributed by atoms with Crippen LogP contribution >= 0.6 is 0 Å². The SMILES string of the molecule is CC(C)(C)OC(=O)C[N+](C)(C)c1cccc(N)c1. The predicted octanol–water partition coefficient (Wildman–Crippen LogP) is 2.18. The van der Waals surface area contributed by atoms with Crippen LogP contribution in [-0.2, 0) is 9.53 Å². The number of nitrogen functional groups attached to an aromatic ring is 1. The van der Waals surface area contributed by atoms with Crippen LogP contribution in [-0.4, -0.2) is 32.2 Å². The fourth-order valence-corrected chi connectivity index (χ4v) is 1.69. The summed E-state index contributed by atoms with van der Waals surface area (Å²) in [6.45, 7) is 5.88. The molecule has 0 atom stereocenters. The summed E-state index contributed by atoms with van der Waals surface area (Å²) in [6, 6.07) is 7.56. The van der Waals surface area contributed by atoms with E-state index in [0.29, 0.717) is 10.2 Å². The molecule has 100 valence electrons. The fourth-order valence-electron chi connectivity index (χ4n) is 1.69. The number of nitrogens with zero attached hydrogens (tertiary/aromatic N) is 1. The lowest BCUT2D eigenvalue weighted by Gasteiger charge is -2.30. The molecule has 0 amide bonds. The van der Waals surface area contributed by atoms with Crippen LogP contribution in [0.2, 0.25) is 0 Å². The Kier molecular flexibility index (Phi) is 4.02. The third kappa shape index (κ3) is 4.37. The van der Waals surface area contributed by atoms with E-state index in [1.165, 1.54) is 0 Å². The Labute approximate surface area is 109 Å². The quantitative estimate of drug-likeness (QED) is 0.509. The van der Waals surface area contributed by atoms with Crippen LogP contribution in [0.3, 0.4) is 0 Å². The van der Waals surface area contributed by atoms with Crippen molar-refractivity contribution < 1.29 is 9.53 Å². The third-order valence-electron chi connectivity index (χ3n) is 2.51. The highest BCUT2D eigenvalue weighted by Crippen LogP contribution is 2.21. The summed E-state index contributed by atoms with van der Waals surface area (Å²) in [5.74, 6) is -0.213. The third-order valence-corrected chi connectivity index (χ3v) is 2.51. The van der Waals surface area contributed by atoms with Crippen LogP contribution in [0.1, 0.15) is 20.8 Å². The average Bonchev–Trinajstić information content (AvgIpc) is 2.13. The summed E-state index contributed by atoms with van der Waals surface area (Å²) in [7, 11) is 3.91. The number of esters is 1. The number of rotatable bonds is 3. The Morgan fingerprint density at radius 2 is 1.94 bits per heavy atom. The van der Waals surface area contributed by atoms with Crippen LogP contribution < -0.4 is 10.2 Å². The van der Waals surface area contributed by atoms with Gasteiger partial charge >= 0.3 is 5.97 Å². The van der Waals surface area contributed by atoms with Crippen molar-refractivity contribution in [1.29, 1.82) is 0 Å². The van der Waals surface area contributed by atoms with Crippen LogP contribution in [0, 0.1) is 0 Å². The average molecular weight is 251 g/mol. The molecular weight excluding hydrogens is 228 g/mol. The zero-order valence-corrected chi connectivity index (χ0v) is 11.9. The van der Waals surface area contributed by atoms with Gasteiger partial charge in [-0.15, -0.1) is 0 Å². The maximum Gasteiger partial charge on any atom is 0.362 e. The number of nitrogens with two attached hydrogens (primary N) is 1. The Morgan fingerprint density at radius 3 is 2.44 bits per heavy atom. The van der Waals surface area contributed by atoms with Crippen LogP contribution in [0.25, 0.3) is 0 Å². The maximum atomic E-state index is 11.9. The fraction of sp³-hybridized carbons (Fsp3) is 0.500. The standard InChI is InChI=1S/C14H23N2O2/c1-14(2,3)18-13(17)10-16(4,5)12-8-6-7-11(15)9-12/h6-9H,10,15H2,1-5H3/q+1. The van der Waals surface area contributed by atoms with Gasteiger partial charge in [0.05, 0.1) is 14.1 Å². The highest BCUT2D eigenvalue weighted by molar-refractivity contribution is 5.75. The van der Waals surface area contributed by atoms with E-state index < -0.39 is 5.60 Å². The first-order chi connectivity index (χ1) is 8.10. The Morgan fingerprint density at radius 1 is 1.33 bits per heavy atom. The molecule has 0 aromatic heterocycles. The number of hydrogen-bond acceptors (Lipinski definition) is 3. The van der Waals surface area contributed by atoms with E-state index in [1.807, 2.05) is 59.1 Å². The number of ether oxygens (including phenoxy) is 1. The number of carbonyl (C=O) groups excluding carboxylic acids is 1. The first kappa shape index (κ1) is 14.5. The summed E-state index contributed by atoms with van der Waals surface area (Å²) in [6.07, 6.45) is 0. The molecule has 0 bridgehead atoms. The molecule has 1 aromatic rings. The number of hydrogen-bond donors (Lipinski definition) is 1. The van der Waals surface area contributed by atoms with Crippen molar-refractivity contribution in [3.05, 3.63) is 24.3 Å². The molecule has 0 saturated carbocycles. The normalized spacial score (nSPS) is 12.3. The van der Waals surface area contributed by atoms with Crippen molar-refractivity contribution in [3.63, 3.8) is 0 Å². The first-order valence-corrected chi connectivity index (χ1v) is 6.01. The van der Waals surface area contributed by atoms with Crippen molar-refractivity contribution in [1.82, 2.24) is 4.48 Å². The van der Waals surface area contributed by atoms with E-state index in [1.54, 1.807) is 0 Å². The molecule has 4 heteroatoms.